The number of carbonyl (C=O) groups is 2. The number of thiazole rings is 1. The summed E-state index contributed by atoms with van der Waals surface area (Å²) in [6, 6.07) is 9.77. The summed E-state index contributed by atoms with van der Waals surface area (Å²) in [6.45, 7) is 3.50. The molecule has 7 heteroatoms. The van der Waals surface area contributed by atoms with E-state index in [0.717, 1.165) is 36.8 Å². The molecule has 1 aliphatic rings. The number of aromatic nitrogens is 1. The molecule has 1 aliphatic heterocycles. The Morgan fingerprint density at radius 1 is 1.24 bits per heavy atom. The molecule has 6 nitrogen and oxygen atoms in total. The van der Waals surface area contributed by atoms with E-state index < -0.39 is 0 Å². The molecule has 1 saturated heterocycles. The quantitative estimate of drug-likeness (QED) is 0.851. The monoisotopic (exact) mass is 359 g/mol. The Morgan fingerprint density at radius 2 is 1.92 bits per heavy atom. The van der Waals surface area contributed by atoms with Crippen LogP contribution < -0.4 is 4.90 Å². The van der Waals surface area contributed by atoms with Crippen LogP contribution in [0.1, 0.15) is 10.5 Å². The van der Waals surface area contributed by atoms with Gasteiger partial charge in [-0.2, -0.15) is 0 Å². The summed E-state index contributed by atoms with van der Waals surface area (Å²) in [7, 11) is 3.78. The second kappa shape index (κ2) is 7.76. The average molecular weight is 359 g/mol. The van der Waals surface area contributed by atoms with E-state index in [2.05, 4.69) is 12.0 Å². The molecule has 2 heterocycles. The first kappa shape index (κ1) is 17.6. The maximum atomic E-state index is 12.6. The zero-order valence-corrected chi connectivity index (χ0v) is 15.4. The number of hydrogen-bond donors (Lipinski definition) is 1. The van der Waals surface area contributed by atoms with Crippen LogP contribution in [-0.2, 0) is 4.79 Å². The zero-order valence-electron chi connectivity index (χ0n) is 14.6. The summed E-state index contributed by atoms with van der Waals surface area (Å²) < 4.78 is 0. The van der Waals surface area contributed by atoms with E-state index in [1.54, 1.807) is 12.4 Å². The molecule has 0 bridgehead atoms. The minimum atomic E-state index is -0.216. The Labute approximate surface area is 151 Å². The lowest BCUT2D eigenvalue weighted by Crippen LogP contribution is -3.12. The molecule has 1 aromatic heterocycles. The SMILES string of the molecule is CN(CC(=O)N1CC[NH+](C)CC1)C(=O)c1csc(-c2ccccc2)n1. The van der Waals surface area contributed by atoms with Crippen LogP contribution in [-0.4, -0.2) is 73.4 Å². The van der Waals surface area contributed by atoms with Crippen molar-refractivity contribution >= 4 is 23.2 Å². The first-order valence-electron chi connectivity index (χ1n) is 8.40. The number of piperazine rings is 1. The van der Waals surface area contributed by atoms with E-state index in [1.807, 2.05) is 35.2 Å². The summed E-state index contributed by atoms with van der Waals surface area (Å²) in [4.78, 5) is 34.1. The van der Waals surface area contributed by atoms with Crippen molar-refractivity contribution < 1.29 is 14.5 Å². The molecule has 0 spiro atoms. The number of likely N-dealkylation sites (N-methyl/N-ethyl adjacent to an activating group) is 2. The highest BCUT2D eigenvalue weighted by molar-refractivity contribution is 7.13. The van der Waals surface area contributed by atoms with Gasteiger partial charge in [0, 0.05) is 18.0 Å². The Bertz CT molecular complexity index is 739. The van der Waals surface area contributed by atoms with Crippen molar-refractivity contribution in [3.05, 3.63) is 41.4 Å². The fourth-order valence-corrected chi connectivity index (χ4v) is 3.59. The molecule has 0 unspecified atom stereocenters. The van der Waals surface area contributed by atoms with E-state index in [-0.39, 0.29) is 18.4 Å². The second-order valence-corrected chi connectivity index (χ2v) is 7.26. The minimum Gasteiger partial charge on any atom is -0.334 e. The van der Waals surface area contributed by atoms with Gasteiger partial charge in [-0.25, -0.2) is 4.98 Å². The molecular weight excluding hydrogens is 336 g/mol. The molecule has 0 radical (unpaired) electrons. The Balaban J connectivity index is 1.61. The van der Waals surface area contributed by atoms with Gasteiger partial charge in [-0.05, 0) is 0 Å². The van der Waals surface area contributed by atoms with Crippen molar-refractivity contribution in [1.29, 1.82) is 0 Å². The summed E-state index contributed by atoms with van der Waals surface area (Å²) in [6.07, 6.45) is 0. The summed E-state index contributed by atoms with van der Waals surface area (Å²) in [5.74, 6) is -0.214. The smallest absolute Gasteiger partial charge is 0.273 e. The number of amides is 2. The van der Waals surface area contributed by atoms with Crippen LogP contribution in [0.2, 0.25) is 0 Å². The molecule has 0 aliphatic carbocycles. The normalized spacial score (nSPS) is 15.2. The molecule has 25 heavy (non-hydrogen) atoms. The van der Waals surface area contributed by atoms with Crippen LogP contribution in [0.5, 0.6) is 0 Å². The summed E-state index contributed by atoms with van der Waals surface area (Å²) in [5, 5.41) is 2.57. The molecule has 2 amide bonds. The highest BCUT2D eigenvalue weighted by Gasteiger charge is 2.24. The first-order chi connectivity index (χ1) is 12.0. The average Bonchev–Trinajstić information content (AvgIpc) is 3.12. The standard InChI is InChI=1S/C18H22N4O2S/c1-20-8-10-22(11-9-20)16(23)12-21(2)18(24)15-13-25-17(19-15)14-6-4-3-5-7-14/h3-7,13H,8-12H2,1-2H3/p+1. The van der Waals surface area contributed by atoms with Gasteiger partial charge >= 0.3 is 0 Å². The Kier molecular flexibility index (Phi) is 5.45. The Morgan fingerprint density at radius 3 is 2.60 bits per heavy atom. The number of carbonyl (C=O) groups excluding carboxylic acids is 2. The molecule has 132 valence electrons. The topological polar surface area (TPSA) is 58.0 Å². The van der Waals surface area contributed by atoms with Crippen molar-refractivity contribution in [1.82, 2.24) is 14.8 Å². The van der Waals surface area contributed by atoms with Crippen LogP contribution in [0.15, 0.2) is 35.7 Å². The van der Waals surface area contributed by atoms with Gasteiger partial charge in [0.25, 0.3) is 5.91 Å². The Hall–Kier alpha value is -2.25. The van der Waals surface area contributed by atoms with Crippen LogP contribution >= 0.6 is 11.3 Å². The molecule has 1 N–H and O–H groups in total. The first-order valence-corrected chi connectivity index (χ1v) is 9.28. The van der Waals surface area contributed by atoms with Gasteiger partial charge in [-0.3, -0.25) is 9.59 Å². The molecule has 0 atom stereocenters. The van der Waals surface area contributed by atoms with Gasteiger partial charge in [-0.15, -0.1) is 11.3 Å². The van der Waals surface area contributed by atoms with Gasteiger partial charge in [0.15, 0.2) is 0 Å². The molecule has 2 aromatic rings. The minimum absolute atomic E-state index is 0.00172. The fourth-order valence-electron chi connectivity index (χ4n) is 2.79. The summed E-state index contributed by atoms with van der Waals surface area (Å²) >= 11 is 1.44. The number of benzene rings is 1. The van der Waals surface area contributed by atoms with Crippen molar-refractivity contribution in [3.8, 4) is 10.6 Å². The van der Waals surface area contributed by atoms with Gasteiger partial charge < -0.3 is 14.7 Å². The van der Waals surface area contributed by atoms with E-state index in [9.17, 15) is 9.59 Å². The third-order valence-corrected chi connectivity index (χ3v) is 5.32. The van der Waals surface area contributed by atoms with Gasteiger partial charge in [0.2, 0.25) is 5.91 Å². The van der Waals surface area contributed by atoms with Gasteiger partial charge in [0.1, 0.15) is 10.7 Å². The predicted octanol–water partition coefficient (Wildman–Crippen LogP) is 0.239. The molecule has 1 aromatic carbocycles. The van der Waals surface area contributed by atoms with Crippen LogP contribution in [0.25, 0.3) is 10.6 Å². The number of hydrogen-bond acceptors (Lipinski definition) is 4. The number of nitrogens with zero attached hydrogens (tertiary/aromatic N) is 3. The summed E-state index contributed by atoms with van der Waals surface area (Å²) in [5.41, 5.74) is 1.38. The third kappa shape index (κ3) is 4.24. The number of quaternary nitrogens is 1. The largest absolute Gasteiger partial charge is 0.334 e. The molecule has 0 saturated carbocycles. The van der Waals surface area contributed by atoms with E-state index in [0.29, 0.717) is 5.69 Å². The van der Waals surface area contributed by atoms with E-state index in [4.69, 9.17) is 0 Å². The molecule has 3 rings (SSSR count). The van der Waals surface area contributed by atoms with E-state index in [1.165, 1.54) is 21.1 Å². The zero-order chi connectivity index (χ0) is 17.8. The maximum absolute atomic E-state index is 12.6. The van der Waals surface area contributed by atoms with Crippen LogP contribution in [0, 0.1) is 0 Å². The lowest BCUT2D eigenvalue weighted by Gasteiger charge is -2.31. The predicted molar refractivity (Wildman–Crippen MR) is 97.7 cm³/mol. The number of nitrogens with one attached hydrogen (secondary N) is 1. The van der Waals surface area contributed by atoms with Crippen molar-refractivity contribution in [2.24, 2.45) is 0 Å². The van der Waals surface area contributed by atoms with Crippen molar-refractivity contribution in [2.45, 2.75) is 0 Å². The maximum Gasteiger partial charge on any atom is 0.273 e. The van der Waals surface area contributed by atoms with Crippen LogP contribution in [0.3, 0.4) is 0 Å². The van der Waals surface area contributed by atoms with Gasteiger partial charge in [0.05, 0.1) is 39.8 Å². The highest BCUT2D eigenvalue weighted by Crippen LogP contribution is 2.23. The highest BCUT2D eigenvalue weighted by atomic mass is 32.1. The third-order valence-electron chi connectivity index (χ3n) is 4.43. The van der Waals surface area contributed by atoms with Crippen LogP contribution in [0.4, 0.5) is 0 Å². The molecular formula is C18H23N4O2S+. The molecule has 1 fully saturated rings. The second-order valence-electron chi connectivity index (χ2n) is 6.40. The lowest BCUT2D eigenvalue weighted by atomic mass is 10.2. The van der Waals surface area contributed by atoms with Crippen molar-refractivity contribution in [2.75, 3.05) is 46.8 Å². The van der Waals surface area contributed by atoms with Gasteiger partial charge in [-0.1, -0.05) is 30.3 Å². The number of rotatable bonds is 4. The van der Waals surface area contributed by atoms with E-state index >= 15 is 0 Å². The fraction of sp³-hybridized carbons (Fsp3) is 0.389. The van der Waals surface area contributed by atoms with Crippen molar-refractivity contribution in [3.63, 3.8) is 0 Å². The lowest BCUT2D eigenvalue weighted by molar-refractivity contribution is -0.883.